The highest BCUT2D eigenvalue weighted by Gasteiger charge is 2.15. The number of fused-ring (bicyclic) bond motifs is 1. The fourth-order valence-electron chi connectivity index (χ4n) is 2.82. The number of ether oxygens (including phenoxy) is 2. The normalized spacial score (nSPS) is 10.7. The summed E-state index contributed by atoms with van der Waals surface area (Å²) in [7, 11) is 1.57. The number of nitrogens with zero attached hydrogens (tertiary/aromatic N) is 1. The lowest BCUT2D eigenvalue weighted by molar-refractivity contribution is 0.0699. The molecule has 0 aliphatic rings. The van der Waals surface area contributed by atoms with Crippen LogP contribution < -0.4 is 9.47 Å². The van der Waals surface area contributed by atoms with Crippen molar-refractivity contribution < 1.29 is 19.4 Å². The van der Waals surface area contributed by atoms with E-state index >= 15 is 0 Å². The minimum absolute atomic E-state index is 0.233. The van der Waals surface area contributed by atoms with Crippen LogP contribution in [-0.2, 0) is 0 Å². The van der Waals surface area contributed by atoms with Gasteiger partial charge < -0.3 is 14.6 Å². The summed E-state index contributed by atoms with van der Waals surface area (Å²) in [6.07, 6.45) is 0. The number of aromatic nitrogens is 1. The van der Waals surface area contributed by atoms with Gasteiger partial charge in [-0.2, -0.15) is 0 Å². The van der Waals surface area contributed by atoms with Crippen molar-refractivity contribution in [1.29, 1.82) is 0 Å². The summed E-state index contributed by atoms with van der Waals surface area (Å²) in [6.45, 7) is 4.36. The van der Waals surface area contributed by atoms with Gasteiger partial charge in [0.25, 0.3) is 0 Å². The molecule has 0 atom stereocenters. The van der Waals surface area contributed by atoms with Crippen LogP contribution in [0.4, 0.5) is 0 Å². The number of hydrogen-bond donors (Lipinski definition) is 1. The van der Waals surface area contributed by atoms with Gasteiger partial charge in [0.05, 0.1) is 30.5 Å². The molecule has 2 aromatic carbocycles. The van der Waals surface area contributed by atoms with Gasteiger partial charge in [0.15, 0.2) is 11.5 Å². The second kappa shape index (κ2) is 6.81. The first-order valence-corrected chi connectivity index (χ1v) is 8.00. The second-order valence-corrected chi connectivity index (χ2v) is 5.63. The van der Waals surface area contributed by atoms with Crippen LogP contribution in [0.2, 0.25) is 0 Å². The summed E-state index contributed by atoms with van der Waals surface area (Å²) in [5.41, 5.74) is 3.20. The minimum Gasteiger partial charge on any atom is -0.493 e. The van der Waals surface area contributed by atoms with Gasteiger partial charge in [-0.1, -0.05) is 18.2 Å². The molecule has 0 aliphatic heterocycles. The third-order valence-electron chi connectivity index (χ3n) is 4.03. The number of aromatic carboxylic acids is 1. The van der Waals surface area contributed by atoms with Crippen molar-refractivity contribution in [2.24, 2.45) is 0 Å². The Morgan fingerprint density at radius 1 is 1.16 bits per heavy atom. The molecule has 1 aromatic heterocycles. The first-order chi connectivity index (χ1) is 12.0. The van der Waals surface area contributed by atoms with Crippen LogP contribution in [0.1, 0.15) is 22.8 Å². The molecule has 0 spiro atoms. The SMILES string of the molecule is CCOc1ccc(-c2cc(C(=O)O)c3cccc(C)c3n2)cc1OC. The zero-order valence-electron chi connectivity index (χ0n) is 14.4. The third kappa shape index (κ3) is 3.13. The molecule has 5 nitrogen and oxygen atoms in total. The number of aryl methyl sites for hydroxylation is 1. The molecular weight excluding hydrogens is 318 g/mol. The van der Waals surface area contributed by atoms with Gasteiger partial charge in [0.1, 0.15) is 0 Å². The van der Waals surface area contributed by atoms with Crippen LogP contribution in [0.5, 0.6) is 11.5 Å². The predicted molar refractivity (Wildman–Crippen MR) is 96.6 cm³/mol. The minimum atomic E-state index is -0.975. The largest absolute Gasteiger partial charge is 0.493 e. The number of hydrogen-bond acceptors (Lipinski definition) is 4. The summed E-state index contributed by atoms with van der Waals surface area (Å²) in [5, 5.41) is 10.2. The Bertz CT molecular complexity index is 950. The maximum atomic E-state index is 11.7. The number of methoxy groups -OCH3 is 1. The Hall–Kier alpha value is -3.08. The zero-order valence-corrected chi connectivity index (χ0v) is 14.4. The molecule has 0 fully saturated rings. The molecule has 0 radical (unpaired) electrons. The Morgan fingerprint density at radius 2 is 1.96 bits per heavy atom. The number of pyridine rings is 1. The molecule has 0 bridgehead atoms. The lowest BCUT2D eigenvalue weighted by Gasteiger charge is -2.12. The average molecular weight is 337 g/mol. The lowest BCUT2D eigenvalue weighted by atomic mass is 10.0. The number of carboxylic acids is 1. The van der Waals surface area contributed by atoms with E-state index in [9.17, 15) is 9.90 Å². The third-order valence-corrected chi connectivity index (χ3v) is 4.03. The van der Waals surface area contributed by atoms with Crippen LogP contribution in [0.3, 0.4) is 0 Å². The number of rotatable bonds is 5. The summed E-state index contributed by atoms with van der Waals surface area (Å²) < 4.78 is 10.9. The highest BCUT2D eigenvalue weighted by Crippen LogP contribution is 2.33. The monoisotopic (exact) mass is 337 g/mol. The van der Waals surface area contributed by atoms with E-state index in [1.807, 2.05) is 44.2 Å². The van der Waals surface area contributed by atoms with Crippen molar-refractivity contribution in [3.63, 3.8) is 0 Å². The van der Waals surface area contributed by atoms with Gasteiger partial charge in [-0.05, 0) is 43.7 Å². The molecule has 0 unspecified atom stereocenters. The fraction of sp³-hybridized carbons (Fsp3) is 0.200. The smallest absolute Gasteiger partial charge is 0.336 e. The Morgan fingerprint density at radius 3 is 2.64 bits per heavy atom. The van der Waals surface area contributed by atoms with Crippen LogP contribution >= 0.6 is 0 Å². The molecule has 128 valence electrons. The Balaban J connectivity index is 2.22. The van der Waals surface area contributed by atoms with Crippen LogP contribution in [0.25, 0.3) is 22.2 Å². The molecule has 0 aliphatic carbocycles. The highest BCUT2D eigenvalue weighted by atomic mass is 16.5. The quantitative estimate of drug-likeness (QED) is 0.751. The number of carboxylic acid groups (broad SMARTS) is 1. The van der Waals surface area contributed by atoms with Crippen LogP contribution in [0, 0.1) is 6.92 Å². The molecular formula is C20H19NO4. The molecule has 1 N–H and O–H groups in total. The number of benzene rings is 2. The Labute approximate surface area is 145 Å². The van der Waals surface area contributed by atoms with Crippen LogP contribution in [0.15, 0.2) is 42.5 Å². The maximum Gasteiger partial charge on any atom is 0.336 e. The number of para-hydroxylation sites is 1. The molecule has 1 heterocycles. The summed E-state index contributed by atoms with van der Waals surface area (Å²) in [5.74, 6) is 0.254. The van der Waals surface area contributed by atoms with Crippen molar-refractivity contribution >= 4 is 16.9 Å². The predicted octanol–water partition coefficient (Wildman–Crippen LogP) is 4.32. The maximum absolute atomic E-state index is 11.7. The van der Waals surface area contributed by atoms with E-state index in [2.05, 4.69) is 4.98 Å². The zero-order chi connectivity index (χ0) is 18.0. The van der Waals surface area contributed by atoms with Gasteiger partial charge in [-0.3, -0.25) is 0 Å². The van der Waals surface area contributed by atoms with E-state index in [1.165, 1.54) is 0 Å². The van der Waals surface area contributed by atoms with Gasteiger partial charge in [0, 0.05) is 10.9 Å². The summed E-state index contributed by atoms with van der Waals surface area (Å²) in [6, 6.07) is 12.6. The van der Waals surface area contributed by atoms with E-state index in [1.54, 1.807) is 19.2 Å². The van der Waals surface area contributed by atoms with E-state index < -0.39 is 5.97 Å². The lowest BCUT2D eigenvalue weighted by Crippen LogP contribution is -2.01. The molecule has 5 heteroatoms. The first kappa shape index (κ1) is 16.8. The molecule has 0 saturated carbocycles. The molecule has 0 saturated heterocycles. The Kier molecular flexibility index (Phi) is 4.57. The van der Waals surface area contributed by atoms with E-state index in [0.717, 1.165) is 11.1 Å². The average Bonchev–Trinajstić information content (AvgIpc) is 2.62. The first-order valence-electron chi connectivity index (χ1n) is 8.00. The number of carbonyl (C=O) groups is 1. The second-order valence-electron chi connectivity index (χ2n) is 5.63. The van der Waals surface area contributed by atoms with Crippen molar-refractivity contribution in [2.75, 3.05) is 13.7 Å². The van der Waals surface area contributed by atoms with Gasteiger partial charge >= 0.3 is 5.97 Å². The highest BCUT2D eigenvalue weighted by molar-refractivity contribution is 6.04. The standard InChI is InChI=1S/C20H19NO4/c1-4-25-17-9-8-13(10-18(17)24-3)16-11-15(20(22)23)14-7-5-6-12(2)19(14)21-16/h5-11H,4H2,1-3H3,(H,22,23). The van der Waals surface area contributed by atoms with Gasteiger partial charge in [-0.25, -0.2) is 9.78 Å². The van der Waals surface area contributed by atoms with E-state index in [-0.39, 0.29) is 5.56 Å². The van der Waals surface area contributed by atoms with Crippen molar-refractivity contribution in [1.82, 2.24) is 4.98 Å². The van der Waals surface area contributed by atoms with Crippen LogP contribution in [-0.4, -0.2) is 29.8 Å². The van der Waals surface area contributed by atoms with Gasteiger partial charge in [0.2, 0.25) is 0 Å². The summed E-state index contributed by atoms with van der Waals surface area (Å²) >= 11 is 0. The van der Waals surface area contributed by atoms with E-state index in [0.29, 0.717) is 34.7 Å². The van der Waals surface area contributed by atoms with Crippen molar-refractivity contribution in [3.8, 4) is 22.8 Å². The molecule has 3 rings (SSSR count). The molecule has 3 aromatic rings. The van der Waals surface area contributed by atoms with E-state index in [4.69, 9.17) is 9.47 Å². The molecule has 25 heavy (non-hydrogen) atoms. The van der Waals surface area contributed by atoms with Gasteiger partial charge in [-0.15, -0.1) is 0 Å². The van der Waals surface area contributed by atoms with Crippen molar-refractivity contribution in [3.05, 3.63) is 53.6 Å². The van der Waals surface area contributed by atoms with Crippen molar-refractivity contribution in [2.45, 2.75) is 13.8 Å². The summed E-state index contributed by atoms with van der Waals surface area (Å²) in [4.78, 5) is 16.4. The molecule has 0 amide bonds. The fourth-order valence-corrected chi connectivity index (χ4v) is 2.82. The topological polar surface area (TPSA) is 68.7 Å².